The summed E-state index contributed by atoms with van der Waals surface area (Å²) in [4.78, 5) is 2.40. The van der Waals surface area contributed by atoms with Crippen molar-refractivity contribution in [2.24, 2.45) is 0 Å². The van der Waals surface area contributed by atoms with Crippen LogP contribution in [0.5, 0.6) is 0 Å². The third-order valence-electron chi connectivity index (χ3n) is 4.72. The molecular formula is C16H24F2N2. The van der Waals surface area contributed by atoms with E-state index in [1.165, 1.54) is 31.0 Å². The molecule has 2 nitrogen and oxygen atoms in total. The third kappa shape index (κ3) is 2.72. The molecule has 0 amide bonds. The Bertz CT molecular complexity index is 458. The van der Waals surface area contributed by atoms with Gasteiger partial charge < -0.3 is 5.32 Å². The van der Waals surface area contributed by atoms with Crippen molar-refractivity contribution in [2.75, 3.05) is 20.1 Å². The number of likely N-dealkylation sites (tertiary alicyclic amines) is 1. The molecule has 1 aliphatic heterocycles. The average Bonchev–Trinajstić information content (AvgIpc) is 2.97. The van der Waals surface area contributed by atoms with Crippen LogP contribution in [0.2, 0.25) is 0 Å². The Hall–Kier alpha value is -1.00. The van der Waals surface area contributed by atoms with E-state index in [0.717, 1.165) is 19.5 Å². The lowest BCUT2D eigenvalue weighted by Crippen LogP contribution is -2.53. The van der Waals surface area contributed by atoms with Gasteiger partial charge in [-0.15, -0.1) is 0 Å². The van der Waals surface area contributed by atoms with Crippen LogP contribution in [-0.4, -0.2) is 30.6 Å². The molecule has 1 aromatic carbocycles. The van der Waals surface area contributed by atoms with Gasteiger partial charge in [-0.2, -0.15) is 0 Å². The molecule has 2 unspecified atom stereocenters. The number of hydrogen-bond donors (Lipinski definition) is 1. The molecular weight excluding hydrogens is 258 g/mol. The second-order valence-corrected chi connectivity index (χ2v) is 5.79. The first kappa shape index (κ1) is 15.4. The van der Waals surface area contributed by atoms with Gasteiger partial charge in [-0.1, -0.05) is 6.92 Å². The van der Waals surface area contributed by atoms with Crippen LogP contribution in [0, 0.1) is 11.6 Å². The van der Waals surface area contributed by atoms with Crippen molar-refractivity contribution >= 4 is 0 Å². The highest BCUT2D eigenvalue weighted by Gasteiger charge is 2.40. The topological polar surface area (TPSA) is 15.3 Å². The fourth-order valence-electron chi connectivity index (χ4n) is 3.38. The molecule has 1 aliphatic rings. The van der Waals surface area contributed by atoms with Crippen molar-refractivity contribution in [2.45, 2.75) is 44.7 Å². The van der Waals surface area contributed by atoms with E-state index in [-0.39, 0.29) is 23.2 Å². The second-order valence-electron chi connectivity index (χ2n) is 5.79. The Kier molecular flexibility index (Phi) is 4.76. The smallest absolute Gasteiger partial charge is 0.128 e. The summed E-state index contributed by atoms with van der Waals surface area (Å²) in [6.45, 7) is 6.31. The maximum absolute atomic E-state index is 14.1. The number of nitrogens with zero attached hydrogens (tertiary/aromatic N) is 1. The van der Waals surface area contributed by atoms with Gasteiger partial charge in [0.1, 0.15) is 11.6 Å². The molecule has 2 rings (SSSR count). The van der Waals surface area contributed by atoms with Crippen molar-refractivity contribution in [3.05, 3.63) is 35.4 Å². The molecule has 0 aliphatic carbocycles. The number of halogens is 2. The SMILES string of the molecule is CCC(C)(C(NC)c1cc(F)ccc1F)N1CCCC1. The Morgan fingerprint density at radius 1 is 1.30 bits per heavy atom. The Balaban J connectivity index is 2.40. The summed E-state index contributed by atoms with van der Waals surface area (Å²) in [6, 6.07) is 3.49. The molecule has 0 radical (unpaired) electrons. The maximum atomic E-state index is 14.1. The van der Waals surface area contributed by atoms with Crippen molar-refractivity contribution < 1.29 is 8.78 Å². The zero-order chi connectivity index (χ0) is 14.8. The van der Waals surface area contributed by atoms with Crippen molar-refractivity contribution in [3.8, 4) is 0 Å². The van der Waals surface area contributed by atoms with Crippen LogP contribution in [-0.2, 0) is 0 Å². The van der Waals surface area contributed by atoms with Gasteiger partial charge >= 0.3 is 0 Å². The quantitative estimate of drug-likeness (QED) is 0.889. The predicted octanol–water partition coefficient (Wildman–Crippen LogP) is 3.49. The first-order valence-corrected chi connectivity index (χ1v) is 7.40. The summed E-state index contributed by atoms with van der Waals surface area (Å²) >= 11 is 0. The lowest BCUT2D eigenvalue weighted by molar-refractivity contribution is 0.0856. The summed E-state index contributed by atoms with van der Waals surface area (Å²) in [7, 11) is 1.82. The van der Waals surface area contributed by atoms with E-state index >= 15 is 0 Å². The molecule has 0 spiro atoms. The third-order valence-corrected chi connectivity index (χ3v) is 4.72. The van der Waals surface area contributed by atoms with Crippen molar-refractivity contribution in [3.63, 3.8) is 0 Å². The predicted molar refractivity (Wildman–Crippen MR) is 77.7 cm³/mol. The van der Waals surface area contributed by atoms with Crippen LogP contribution in [0.4, 0.5) is 8.78 Å². The zero-order valence-corrected chi connectivity index (χ0v) is 12.5. The van der Waals surface area contributed by atoms with E-state index in [9.17, 15) is 8.78 Å². The summed E-state index contributed by atoms with van der Waals surface area (Å²) in [5.74, 6) is -0.730. The van der Waals surface area contributed by atoms with E-state index in [0.29, 0.717) is 5.56 Å². The van der Waals surface area contributed by atoms with Crippen LogP contribution >= 0.6 is 0 Å². The molecule has 2 atom stereocenters. The number of rotatable bonds is 5. The van der Waals surface area contributed by atoms with E-state index in [1.54, 1.807) is 0 Å². The van der Waals surface area contributed by atoms with Gasteiger partial charge in [0, 0.05) is 11.1 Å². The number of hydrogen-bond acceptors (Lipinski definition) is 2. The van der Waals surface area contributed by atoms with Gasteiger partial charge in [0.25, 0.3) is 0 Å². The summed E-state index contributed by atoms with van der Waals surface area (Å²) in [5.41, 5.74) is 0.212. The molecule has 0 bridgehead atoms. The number of benzene rings is 1. The lowest BCUT2D eigenvalue weighted by Gasteiger charge is -2.44. The van der Waals surface area contributed by atoms with Crippen LogP contribution in [0.15, 0.2) is 18.2 Å². The number of likely N-dealkylation sites (N-methyl/N-ethyl adjacent to an activating group) is 1. The van der Waals surface area contributed by atoms with Gasteiger partial charge in [-0.3, -0.25) is 4.90 Å². The van der Waals surface area contributed by atoms with Crippen molar-refractivity contribution in [1.29, 1.82) is 0 Å². The van der Waals surface area contributed by atoms with Gasteiger partial charge in [-0.25, -0.2) is 8.78 Å². The minimum absolute atomic E-state index is 0.208. The molecule has 1 heterocycles. The molecule has 20 heavy (non-hydrogen) atoms. The molecule has 0 aromatic heterocycles. The largest absolute Gasteiger partial charge is 0.311 e. The molecule has 112 valence electrons. The van der Waals surface area contributed by atoms with Crippen molar-refractivity contribution in [1.82, 2.24) is 10.2 Å². The van der Waals surface area contributed by atoms with Crippen LogP contribution < -0.4 is 5.32 Å². The first-order chi connectivity index (χ1) is 9.52. The molecule has 0 saturated carbocycles. The molecule has 4 heteroatoms. The summed E-state index contributed by atoms with van der Waals surface area (Å²) < 4.78 is 27.6. The normalized spacial score (nSPS) is 20.9. The van der Waals surface area contributed by atoms with E-state index < -0.39 is 0 Å². The minimum atomic E-state index is -0.387. The highest BCUT2D eigenvalue weighted by molar-refractivity contribution is 5.26. The molecule has 1 N–H and O–H groups in total. The van der Waals surface area contributed by atoms with Crippen LogP contribution in [0.25, 0.3) is 0 Å². The average molecular weight is 282 g/mol. The van der Waals surface area contributed by atoms with E-state index in [4.69, 9.17) is 0 Å². The second kappa shape index (κ2) is 6.19. The van der Waals surface area contributed by atoms with Gasteiger partial charge in [0.05, 0.1) is 6.04 Å². The monoisotopic (exact) mass is 282 g/mol. The molecule has 1 saturated heterocycles. The standard InChI is InChI=1S/C16H24F2N2/c1-4-16(2,20-9-5-6-10-20)15(19-3)13-11-12(17)7-8-14(13)18/h7-8,11,15,19H,4-6,9-10H2,1-3H3. The summed E-state index contributed by atoms with van der Waals surface area (Å²) in [6.07, 6.45) is 3.24. The first-order valence-electron chi connectivity index (χ1n) is 7.40. The van der Waals surface area contributed by atoms with Gasteiger partial charge in [-0.05, 0) is 64.5 Å². The fourth-order valence-corrected chi connectivity index (χ4v) is 3.38. The van der Waals surface area contributed by atoms with Gasteiger partial charge in [0.15, 0.2) is 0 Å². The number of nitrogens with one attached hydrogen (secondary N) is 1. The maximum Gasteiger partial charge on any atom is 0.128 e. The highest BCUT2D eigenvalue weighted by atomic mass is 19.1. The van der Waals surface area contributed by atoms with Crippen LogP contribution in [0.3, 0.4) is 0 Å². The molecule has 1 aromatic rings. The Morgan fingerprint density at radius 3 is 2.50 bits per heavy atom. The fraction of sp³-hybridized carbons (Fsp3) is 0.625. The zero-order valence-electron chi connectivity index (χ0n) is 12.5. The van der Waals surface area contributed by atoms with Gasteiger partial charge in [0.2, 0.25) is 0 Å². The van der Waals surface area contributed by atoms with E-state index in [1.807, 2.05) is 7.05 Å². The Labute approximate surface area is 120 Å². The lowest BCUT2D eigenvalue weighted by atomic mass is 9.83. The summed E-state index contributed by atoms with van der Waals surface area (Å²) in [5, 5.41) is 3.21. The van der Waals surface area contributed by atoms with E-state index in [2.05, 4.69) is 24.1 Å². The molecule has 1 fully saturated rings. The Morgan fingerprint density at radius 2 is 1.95 bits per heavy atom. The van der Waals surface area contributed by atoms with Crippen LogP contribution in [0.1, 0.15) is 44.7 Å². The highest BCUT2D eigenvalue weighted by Crippen LogP contribution is 2.37. The minimum Gasteiger partial charge on any atom is -0.311 e.